The lowest BCUT2D eigenvalue weighted by Crippen LogP contribution is -2.37. The Morgan fingerprint density at radius 3 is 2.76 bits per heavy atom. The topological polar surface area (TPSA) is 87.8 Å². The number of carbonyl (C=O) groups excluding carboxylic acids is 1. The first kappa shape index (κ1) is 15.8. The molecule has 0 atom stereocenters. The van der Waals surface area contributed by atoms with Crippen molar-refractivity contribution in [1.82, 2.24) is 10.3 Å². The number of hydrogen-bond acceptors (Lipinski definition) is 5. The molecule has 1 heterocycles. The zero-order valence-corrected chi connectivity index (χ0v) is 12.1. The molecule has 0 spiro atoms. The molecule has 1 aliphatic rings. The maximum absolute atomic E-state index is 11.6. The second-order valence-electron chi connectivity index (χ2n) is 5.29. The van der Waals surface area contributed by atoms with Crippen LogP contribution in [0.25, 0.3) is 0 Å². The van der Waals surface area contributed by atoms with Gasteiger partial charge in [-0.3, -0.25) is 15.1 Å². The van der Waals surface area contributed by atoms with E-state index in [2.05, 4.69) is 10.3 Å². The number of amides is 1. The second kappa shape index (κ2) is 7.97. The van der Waals surface area contributed by atoms with Crippen molar-refractivity contribution in [3.8, 4) is 5.75 Å². The number of nitrogen functional groups attached to an aromatic ring is 1. The van der Waals surface area contributed by atoms with Crippen LogP contribution in [0.5, 0.6) is 5.75 Å². The molecule has 0 aliphatic carbocycles. The fraction of sp³-hybridized carbons (Fsp3) is 0.533. The van der Waals surface area contributed by atoms with Crippen LogP contribution in [0.4, 0.5) is 0 Å². The Hall–Kier alpha value is -1.63. The van der Waals surface area contributed by atoms with Gasteiger partial charge in [-0.25, -0.2) is 5.84 Å². The van der Waals surface area contributed by atoms with Gasteiger partial charge >= 0.3 is 0 Å². The van der Waals surface area contributed by atoms with Crippen LogP contribution in [0.1, 0.15) is 23.2 Å². The maximum atomic E-state index is 11.6. The van der Waals surface area contributed by atoms with E-state index in [1.165, 1.54) is 0 Å². The highest BCUT2D eigenvalue weighted by Crippen LogP contribution is 2.19. The molecule has 0 radical (unpaired) electrons. The number of aliphatic hydroxyl groups is 1. The maximum Gasteiger partial charge on any atom is 0.268 e. The van der Waals surface area contributed by atoms with Crippen LogP contribution in [0.15, 0.2) is 24.3 Å². The van der Waals surface area contributed by atoms with E-state index in [9.17, 15) is 4.79 Å². The first-order chi connectivity index (χ1) is 10.2. The molecular formula is C15H23N3O3. The molecule has 0 aromatic heterocycles. The van der Waals surface area contributed by atoms with Crippen LogP contribution in [-0.4, -0.2) is 48.8 Å². The van der Waals surface area contributed by atoms with Gasteiger partial charge in [0.15, 0.2) is 0 Å². The standard InChI is InChI=1S/C15H23N3O3/c16-17-15(20)13-3-1-2-4-14(13)21-10-9-18-7-5-12(11-19)6-8-18/h1-4,12,19H,5-11,16H2,(H,17,20). The molecule has 1 aromatic rings. The predicted molar refractivity (Wildman–Crippen MR) is 79.8 cm³/mol. The Kier molecular flexibility index (Phi) is 5.98. The zero-order valence-electron chi connectivity index (χ0n) is 12.1. The van der Waals surface area contributed by atoms with Gasteiger partial charge in [0.25, 0.3) is 5.91 Å². The number of nitrogens with zero attached hydrogens (tertiary/aromatic N) is 1. The van der Waals surface area contributed by atoms with E-state index < -0.39 is 0 Å². The summed E-state index contributed by atoms with van der Waals surface area (Å²) in [6.07, 6.45) is 2.06. The number of hydrazine groups is 1. The van der Waals surface area contributed by atoms with E-state index in [0.717, 1.165) is 32.5 Å². The zero-order chi connectivity index (χ0) is 15.1. The van der Waals surface area contributed by atoms with E-state index in [-0.39, 0.29) is 12.5 Å². The molecule has 0 bridgehead atoms. The van der Waals surface area contributed by atoms with Gasteiger partial charge in [0.05, 0.1) is 5.56 Å². The van der Waals surface area contributed by atoms with Crippen molar-refractivity contribution < 1.29 is 14.6 Å². The summed E-state index contributed by atoms with van der Waals surface area (Å²) in [7, 11) is 0. The summed E-state index contributed by atoms with van der Waals surface area (Å²) in [6.45, 7) is 3.60. The van der Waals surface area contributed by atoms with Gasteiger partial charge in [-0.2, -0.15) is 0 Å². The molecule has 1 amide bonds. The van der Waals surface area contributed by atoms with Crippen LogP contribution in [0.3, 0.4) is 0 Å². The third-order valence-corrected chi connectivity index (χ3v) is 3.89. The monoisotopic (exact) mass is 293 g/mol. The molecule has 6 heteroatoms. The third-order valence-electron chi connectivity index (χ3n) is 3.89. The van der Waals surface area contributed by atoms with Gasteiger partial charge in [-0.05, 0) is 44.0 Å². The second-order valence-corrected chi connectivity index (χ2v) is 5.29. The summed E-state index contributed by atoms with van der Waals surface area (Å²) in [6, 6.07) is 7.05. The van der Waals surface area contributed by atoms with E-state index in [0.29, 0.717) is 23.8 Å². The quantitative estimate of drug-likeness (QED) is 0.401. The summed E-state index contributed by atoms with van der Waals surface area (Å²) in [5.74, 6) is 5.80. The first-order valence-corrected chi connectivity index (χ1v) is 7.30. The largest absolute Gasteiger partial charge is 0.491 e. The SMILES string of the molecule is NNC(=O)c1ccccc1OCCN1CCC(CO)CC1. The average Bonchev–Trinajstić information content (AvgIpc) is 2.55. The normalized spacial score (nSPS) is 16.7. The summed E-state index contributed by atoms with van der Waals surface area (Å²) >= 11 is 0. The average molecular weight is 293 g/mol. The minimum absolute atomic E-state index is 0.284. The molecule has 116 valence electrons. The summed E-state index contributed by atoms with van der Waals surface area (Å²) in [4.78, 5) is 13.9. The molecule has 1 fully saturated rings. The number of rotatable bonds is 6. The lowest BCUT2D eigenvalue weighted by Gasteiger charge is -2.30. The van der Waals surface area contributed by atoms with E-state index >= 15 is 0 Å². The molecule has 4 N–H and O–H groups in total. The predicted octanol–water partition coefficient (Wildman–Crippen LogP) is 0.373. The van der Waals surface area contributed by atoms with Crippen molar-refractivity contribution in [2.75, 3.05) is 32.8 Å². The number of ether oxygens (including phenoxy) is 1. The molecule has 6 nitrogen and oxygen atoms in total. The number of benzene rings is 1. The Bertz CT molecular complexity index is 459. The smallest absolute Gasteiger partial charge is 0.268 e. The number of aliphatic hydroxyl groups excluding tert-OH is 1. The highest BCUT2D eigenvalue weighted by atomic mass is 16.5. The molecule has 2 rings (SSSR count). The van der Waals surface area contributed by atoms with Crippen LogP contribution in [-0.2, 0) is 0 Å². The number of likely N-dealkylation sites (tertiary alicyclic amines) is 1. The molecule has 0 unspecified atom stereocenters. The van der Waals surface area contributed by atoms with Crippen LogP contribution < -0.4 is 16.0 Å². The Balaban J connectivity index is 1.80. The number of nitrogens with one attached hydrogen (secondary N) is 1. The fourth-order valence-electron chi connectivity index (χ4n) is 2.54. The number of para-hydroxylation sites is 1. The third kappa shape index (κ3) is 4.42. The van der Waals surface area contributed by atoms with Gasteiger partial charge in [0.1, 0.15) is 12.4 Å². The lowest BCUT2D eigenvalue weighted by atomic mass is 9.98. The Morgan fingerprint density at radius 2 is 2.10 bits per heavy atom. The Morgan fingerprint density at radius 1 is 1.38 bits per heavy atom. The number of carbonyl (C=O) groups is 1. The van der Waals surface area contributed by atoms with E-state index in [1.807, 2.05) is 6.07 Å². The minimum Gasteiger partial charge on any atom is -0.491 e. The summed E-state index contributed by atoms with van der Waals surface area (Å²) < 4.78 is 5.71. The van der Waals surface area contributed by atoms with Crippen LogP contribution >= 0.6 is 0 Å². The summed E-state index contributed by atoms with van der Waals surface area (Å²) in [5.41, 5.74) is 2.56. The van der Waals surface area contributed by atoms with Crippen molar-refractivity contribution in [3.63, 3.8) is 0 Å². The van der Waals surface area contributed by atoms with E-state index in [4.69, 9.17) is 15.7 Å². The van der Waals surface area contributed by atoms with Gasteiger partial charge in [0.2, 0.25) is 0 Å². The molecule has 1 saturated heterocycles. The molecular weight excluding hydrogens is 270 g/mol. The van der Waals surface area contributed by atoms with E-state index in [1.54, 1.807) is 18.2 Å². The van der Waals surface area contributed by atoms with Crippen molar-refractivity contribution >= 4 is 5.91 Å². The van der Waals surface area contributed by atoms with Crippen LogP contribution in [0, 0.1) is 5.92 Å². The number of piperidine rings is 1. The van der Waals surface area contributed by atoms with Gasteiger partial charge < -0.3 is 9.84 Å². The number of nitrogens with two attached hydrogens (primary N) is 1. The minimum atomic E-state index is -0.352. The first-order valence-electron chi connectivity index (χ1n) is 7.30. The molecule has 1 aliphatic heterocycles. The molecule has 1 aromatic carbocycles. The Labute approximate surface area is 124 Å². The fourth-order valence-corrected chi connectivity index (χ4v) is 2.54. The number of hydrogen-bond donors (Lipinski definition) is 3. The van der Waals surface area contributed by atoms with Gasteiger partial charge in [-0.1, -0.05) is 12.1 Å². The van der Waals surface area contributed by atoms with Crippen LogP contribution in [0.2, 0.25) is 0 Å². The van der Waals surface area contributed by atoms with Crippen molar-refractivity contribution in [2.24, 2.45) is 11.8 Å². The molecule has 0 saturated carbocycles. The van der Waals surface area contributed by atoms with Crippen molar-refractivity contribution in [2.45, 2.75) is 12.8 Å². The van der Waals surface area contributed by atoms with Gasteiger partial charge in [0, 0.05) is 13.2 Å². The van der Waals surface area contributed by atoms with Crippen molar-refractivity contribution in [3.05, 3.63) is 29.8 Å². The molecule has 21 heavy (non-hydrogen) atoms. The lowest BCUT2D eigenvalue weighted by molar-refractivity contribution is 0.0946. The summed E-state index contributed by atoms with van der Waals surface area (Å²) in [5, 5.41) is 9.12. The highest BCUT2D eigenvalue weighted by molar-refractivity contribution is 5.96. The van der Waals surface area contributed by atoms with Gasteiger partial charge in [-0.15, -0.1) is 0 Å². The highest BCUT2D eigenvalue weighted by Gasteiger charge is 2.18. The van der Waals surface area contributed by atoms with Crippen molar-refractivity contribution in [1.29, 1.82) is 0 Å².